The molecule has 0 fully saturated rings. The van der Waals surface area contributed by atoms with Crippen molar-refractivity contribution in [2.45, 2.75) is 123 Å². The second-order valence-corrected chi connectivity index (χ2v) is 8.84. The second-order valence-electron chi connectivity index (χ2n) is 8.84. The molecule has 4 heteroatoms. The van der Waals surface area contributed by atoms with E-state index in [2.05, 4.69) is 20.8 Å². The van der Waals surface area contributed by atoms with Crippen LogP contribution in [-0.4, -0.2) is 31.0 Å². The van der Waals surface area contributed by atoms with E-state index in [4.69, 9.17) is 0 Å². The molecule has 0 aromatic carbocycles. The third-order valence-electron chi connectivity index (χ3n) is 6.09. The van der Waals surface area contributed by atoms with Crippen molar-refractivity contribution < 1.29 is 39.5 Å². The third kappa shape index (κ3) is 15.3. The smallest absolute Gasteiger partial charge is 0.548 e. The molecule has 0 saturated carbocycles. The number of likely N-dealkylation sites (N-methyl/N-ethyl adjacent to an activating group) is 1. The predicted molar refractivity (Wildman–Crippen MR) is 116 cm³/mol. The number of nitrogens with zero attached hydrogens (tertiary/aromatic N) is 1. The Balaban J connectivity index is 0. The third-order valence-corrected chi connectivity index (χ3v) is 6.09. The van der Waals surface area contributed by atoms with Crippen molar-refractivity contribution in [1.29, 1.82) is 0 Å². The fraction of sp³-hybridized carbons (Fsp3) is 0.958. The van der Waals surface area contributed by atoms with Crippen LogP contribution in [0.15, 0.2) is 0 Å². The van der Waals surface area contributed by atoms with Crippen molar-refractivity contribution in [3.8, 4) is 0 Å². The minimum absolute atomic E-state index is 0. The van der Waals surface area contributed by atoms with E-state index in [9.17, 15) is 9.90 Å². The van der Waals surface area contributed by atoms with Gasteiger partial charge in [0.1, 0.15) is 0 Å². The Morgan fingerprint density at radius 2 is 1.14 bits per heavy atom. The normalized spacial score (nSPS) is 14.5. The van der Waals surface area contributed by atoms with Gasteiger partial charge in [-0.05, 0) is 32.4 Å². The summed E-state index contributed by atoms with van der Waals surface area (Å²) in [6.07, 6.45) is 19.0. The fourth-order valence-corrected chi connectivity index (χ4v) is 4.32. The fourth-order valence-electron chi connectivity index (χ4n) is 4.32. The van der Waals surface area contributed by atoms with Crippen LogP contribution in [0.5, 0.6) is 0 Å². The van der Waals surface area contributed by atoms with Gasteiger partial charge in [-0.1, -0.05) is 111 Å². The van der Waals surface area contributed by atoms with Crippen LogP contribution in [-0.2, 0) is 4.79 Å². The summed E-state index contributed by atoms with van der Waals surface area (Å²) < 4.78 is 0. The van der Waals surface area contributed by atoms with E-state index in [1.807, 2.05) is 19.0 Å². The number of carbonyl (C=O) groups is 1. The minimum atomic E-state index is -0.902. The van der Waals surface area contributed by atoms with Gasteiger partial charge in [0, 0.05) is 0 Å². The average Bonchev–Trinajstić information content (AvgIpc) is 2.62. The maximum Gasteiger partial charge on any atom is 1.00 e. The average molecular weight is 406 g/mol. The van der Waals surface area contributed by atoms with Gasteiger partial charge in [-0.3, -0.25) is 0 Å². The van der Waals surface area contributed by atoms with Crippen LogP contribution < -0.4 is 34.7 Å². The summed E-state index contributed by atoms with van der Waals surface area (Å²) in [5.74, 6) is -0.251. The van der Waals surface area contributed by atoms with Gasteiger partial charge in [-0.2, -0.15) is 0 Å². The maximum atomic E-state index is 11.8. The van der Waals surface area contributed by atoms with Gasteiger partial charge in [-0.15, -0.1) is 0 Å². The van der Waals surface area contributed by atoms with Crippen LogP contribution in [0.2, 0.25) is 0 Å². The molecule has 0 aromatic rings. The van der Waals surface area contributed by atoms with Crippen molar-refractivity contribution >= 4 is 5.97 Å². The number of carboxylic acids is 1. The summed E-state index contributed by atoms with van der Waals surface area (Å²) in [7, 11) is 3.77. The largest absolute Gasteiger partial charge is 1.00 e. The van der Waals surface area contributed by atoms with Crippen LogP contribution in [0.4, 0.5) is 0 Å². The topological polar surface area (TPSA) is 43.4 Å². The Kier molecular flexibility index (Phi) is 22.6. The van der Waals surface area contributed by atoms with Crippen molar-refractivity contribution in [2.24, 2.45) is 11.8 Å². The van der Waals surface area contributed by atoms with Gasteiger partial charge in [0.05, 0.1) is 12.0 Å². The number of unbranched alkanes of at least 4 members (excludes halogenated alkanes) is 11. The molecular formula is C24H48NNaO2. The van der Waals surface area contributed by atoms with E-state index in [1.54, 1.807) is 0 Å². The number of carboxylic acid groups (broad SMARTS) is 1. The summed E-state index contributed by atoms with van der Waals surface area (Å²) in [5.41, 5.74) is 0. The molecule has 0 aliphatic rings. The molecule has 0 N–H and O–H groups in total. The monoisotopic (exact) mass is 405 g/mol. The van der Waals surface area contributed by atoms with Crippen molar-refractivity contribution in [1.82, 2.24) is 4.90 Å². The van der Waals surface area contributed by atoms with Crippen LogP contribution in [0.3, 0.4) is 0 Å². The molecule has 0 amide bonds. The summed E-state index contributed by atoms with van der Waals surface area (Å²) in [4.78, 5) is 13.6. The van der Waals surface area contributed by atoms with E-state index >= 15 is 0 Å². The zero-order chi connectivity index (χ0) is 20.5. The van der Waals surface area contributed by atoms with Gasteiger partial charge in [0.15, 0.2) is 0 Å². The number of aliphatic carboxylic acids is 1. The number of carbonyl (C=O) groups excluding carboxylic acids is 1. The Morgan fingerprint density at radius 1 is 0.750 bits per heavy atom. The van der Waals surface area contributed by atoms with Crippen LogP contribution in [0.1, 0.15) is 117 Å². The molecule has 0 saturated heterocycles. The first-order valence-electron chi connectivity index (χ1n) is 11.8. The first-order valence-corrected chi connectivity index (χ1v) is 11.8. The molecule has 162 valence electrons. The SMILES string of the molecule is CCCCCCCCCCCC(C(C)CCCCCC)C(C(=O)[O-])N(C)C.[Na+]. The Labute approximate surface area is 198 Å². The molecule has 0 aliphatic carbocycles. The Hall–Kier alpha value is 0.430. The number of hydrogen-bond donors (Lipinski definition) is 0. The minimum Gasteiger partial charge on any atom is -0.548 e. The van der Waals surface area contributed by atoms with Gasteiger partial charge < -0.3 is 14.8 Å². The number of hydrogen-bond acceptors (Lipinski definition) is 3. The molecule has 3 unspecified atom stereocenters. The summed E-state index contributed by atoms with van der Waals surface area (Å²) >= 11 is 0. The molecule has 28 heavy (non-hydrogen) atoms. The first kappa shape index (κ1) is 30.6. The Bertz CT molecular complexity index is 349. The molecular weight excluding hydrogens is 357 g/mol. The maximum absolute atomic E-state index is 11.8. The van der Waals surface area contributed by atoms with Gasteiger partial charge in [0.2, 0.25) is 0 Å². The summed E-state index contributed by atoms with van der Waals surface area (Å²) in [6.45, 7) is 6.74. The van der Waals surface area contributed by atoms with E-state index in [-0.39, 0.29) is 35.5 Å². The molecule has 0 heterocycles. The molecule has 0 spiro atoms. The van der Waals surface area contributed by atoms with Crippen LogP contribution >= 0.6 is 0 Å². The predicted octanol–water partition coefficient (Wildman–Crippen LogP) is 2.81. The quantitative estimate of drug-likeness (QED) is 0.245. The Morgan fingerprint density at radius 3 is 1.57 bits per heavy atom. The van der Waals surface area contributed by atoms with Crippen LogP contribution in [0, 0.1) is 11.8 Å². The van der Waals surface area contributed by atoms with Gasteiger partial charge in [0.25, 0.3) is 0 Å². The first-order chi connectivity index (χ1) is 13.0. The van der Waals surface area contributed by atoms with E-state index in [1.165, 1.54) is 77.0 Å². The molecule has 0 rings (SSSR count). The second kappa shape index (κ2) is 20.7. The number of rotatable bonds is 19. The molecule has 0 aliphatic heterocycles. The van der Waals surface area contributed by atoms with E-state index < -0.39 is 12.0 Å². The molecule has 3 nitrogen and oxygen atoms in total. The molecule has 0 bridgehead atoms. The van der Waals surface area contributed by atoms with Crippen LogP contribution in [0.25, 0.3) is 0 Å². The summed E-state index contributed by atoms with van der Waals surface area (Å²) in [5, 5.41) is 11.8. The molecule has 0 radical (unpaired) electrons. The van der Waals surface area contributed by atoms with Crippen molar-refractivity contribution in [3.05, 3.63) is 0 Å². The van der Waals surface area contributed by atoms with Gasteiger partial charge in [-0.25, -0.2) is 0 Å². The van der Waals surface area contributed by atoms with Gasteiger partial charge >= 0.3 is 29.6 Å². The molecule has 0 aromatic heterocycles. The van der Waals surface area contributed by atoms with E-state index in [0.717, 1.165) is 19.3 Å². The summed E-state index contributed by atoms with van der Waals surface area (Å²) in [6, 6.07) is -0.458. The van der Waals surface area contributed by atoms with Crippen molar-refractivity contribution in [3.63, 3.8) is 0 Å². The zero-order valence-corrected chi connectivity index (χ0v) is 22.1. The van der Waals surface area contributed by atoms with E-state index in [0.29, 0.717) is 5.92 Å². The zero-order valence-electron chi connectivity index (χ0n) is 20.1. The standard InChI is InChI=1S/C24H49NO2.Na/c1-6-8-10-12-13-14-15-16-18-20-22(23(24(26)27)25(4)5)21(3)19-17-11-9-7-2;/h21-23H,6-20H2,1-5H3,(H,26,27);/q;+1/p-1. The van der Waals surface area contributed by atoms with Crippen molar-refractivity contribution in [2.75, 3.05) is 14.1 Å². The molecule has 3 atom stereocenters.